The topological polar surface area (TPSA) is 74.8 Å². The summed E-state index contributed by atoms with van der Waals surface area (Å²) in [4.78, 5) is 6.99. The third-order valence-electron chi connectivity index (χ3n) is 3.45. The van der Waals surface area contributed by atoms with Crippen molar-refractivity contribution in [1.29, 1.82) is 0 Å². The normalized spacial score (nSPS) is 12.0. The van der Waals surface area contributed by atoms with Crippen molar-refractivity contribution in [2.45, 2.75) is 18.4 Å². The fourth-order valence-corrected chi connectivity index (χ4v) is 3.81. The van der Waals surface area contributed by atoms with Crippen LogP contribution in [0.5, 0.6) is 0 Å². The van der Waals surface area contributed by atoms with Crippen LogP contribution in [0.25, 0.3) is 11.0 Å². The Balaban J connectivity index is 1.87. The second-order valence-electron chi connectivity index (χ2n) is 5.07. The lowest BCUT2D eigenvalue weighted by Gasteiger charge is -2.10. The third-order valence-corrected chi connectivity index (χ3v) is 5.37. The van der Waals surface area contributed by atoms with Crippen LogP contribution in [0.4, 0.5) is 4.39 Å². The van der Waals surface area contributed by atoms with Crippen LogP contribution in [-0.4, -0.2) is 18.4 Å². The van der Waals surface area contributed by atoms with Crippen molar-refractivity contribution in [1.82, 2.24) is 14.7 Å². The molecular weight excluding hydrogens is 341 g/mol. The summed E-state index contributed by atoms with van der Waals surface area (Å²) < 4.78 is 40.6. The van der Waals surface area contributed by atoms with Crippen molar-refractivity contribution in [3.05, 3.63) is 58.6 Å². The smallest absolute Gasteiger partial charge is 0.241 e. The first-order valence-electron chi connectivity index (χ1n) is 6.75. The van der Waals surface area contributed by atoms with Crippen LogP contribution < -0.4 is 4.72 Å². The Morgan fingerprint density at radius 3 is 2.87 bits per heavy atom. The van der Waals surface area contributed by atoms with Gasteiger partial charge in [-0.2, -0.15) is 0 Å². The summed E-state index contributed by atoms with van der Waals surface area (Å²) in [5.74, 6) is -0.698. The summed E-state index contributed by atoms with van der Waals surface area (Å²) in [6.07, 6.45) is 1.64. The highest BCUT2D eigenvalue weighted by Gasteiger charge is 2.20. The minimum Gasteiger partial charge on any atom is -0.342 e. The number of benzene rings is 1. The number of fused-ring (bicyclic) bond motifs is 1. The molecular formula is C15H13ClFN3O2S. The first-order valence-corrected chi connectivity index (χ1v) is 8.61. The number of H-pyrrole nitrogens is 1. The van der Waals surface area contributed by atoms with E-state index in [1.54, 1.807) is 18.3 Å². The van der Waals surface area contributed by atoms with E-state index in [0.29, 0.717) is 16.9 Å². The van der Waals surface area contributed by atoms with E-state index in [2.05, 4.69) is 14.7 Å². The average molecular weight is 354 g/mol. The van der Waals surface area contributed by atoms with E-state index in [-0.39, 0.29) is 16.5 Å². The van der Waals surface area contributed by atoms with Crippen LogP contribution in [0.15, 0.2) is 41.4 Å². The summed E-state index contributed by atoms with van der Waals surface area (Å²) in [5, 5.41) is 0.951. The van der Waals surface area contributed by atoms with Crippen molar-refractivity contribution < 1.29 is 12.8 Å². The van der Waals surface area contributed by atoms with Gasteiger partial charge >= 0.3 is 0 Å². The van der Waals surface area contributed by atoms with Crippen molar-refractivity contribution in [2.24, 2.45) is 0 Å². The predicted octanol–water partition coefficient (Wildman–Crippen LogP) is 3.14. The number of sulfonamides is 1. The Morgan fingerprint density at radius 1 is 1.35 bits per heavy atom. The highest BCUT2D eigenvalue weighted by Crippen LogP contribution is 2.25. The summed E-state index contributed by atoms with van der Waals surface area (Å²) in [6, 6.07) is 7.50. The molecule has 3 aromatic rings. The molecule has 23 heavy (non-hydrogen) atoms. The van der Waals surface area contributed by atoms with E-state index >= 15 is 0 Å². The summed E-state index contributed by atoms with van der Waals surface area (Å²) in [5.41, 5.74) is 1.63. The summed E-state index contributed by atoms with van der Waals surface area (Å²) in [7, 11) is -3.89. The van der Waals surface area contributed by atoms with E-state index in [1.807, 2.05) is 6.07 Å². The number of nitrogens with zero attached hydrogens (tertiary/aromatic N) is 1. The van der Waals surface area contributed by atoms with Crippen molar-refractivity contribution >= 4 is 32.7 Å². The van der Waals surface area contributed by atoms with Gasteiger partial charge in [0.1, 0.15) is 11.5 Å². The molecule has 0 atom stereocenters. The first-order chi connectivity index (χ1) is 10.9. The largest absolute Gasteiger partial charge is 0.342 e. The van der Waals surface area contributed by atoms with Crippen LogP contribution in [-0.2, 0) is 16.6 Å². The molecule has 0 saturated heterocycles. The molecule has 0 unspecified atom stereocenters. The van der Waals surface area contributed by atoms with Gasteiger partial charge in [0.15, 0.2) is 0 Å². The van der Waals surface area contributed by atoms with E-state index in [1.165, 1.54) is 6.92 Å². The van der Waals surface area contributed by atoms with Gasteiger partial charge in [-0.25, -0.2) is 22.5 Å². The number of hydrogen-bond acceptors (Lipinski definition) is 3. The van der Waals surface area contributed by atoms with Gasteiger partial charge in [0.05, 0.1) is 11.4 Å². The molecule has 0 saturated carbocycles. The van der Waals surface area contributed by atoms with Gasteiger partial charge < -0.3 is 4.98 Å². The Morgan fingerprint density at radius 2 is 2.13 bits per heavy atom. The van der Waals surface area contributed by atoms with Crippen molar-refractivity contribution in [3.63, 3.8) is 0 Å². The molecule has 3 rings (SSSR count). The Hall–Kier alpha value is -1.96. The number of hydrogen-bond donors (Lipinski definition) is 2. The molecule has 5 nitrogen and oxygen atoms in total. The monoisotopic (exact) mass is 353 g/mol. The fourth-order valence-electron chi connectivity index (χ4n) is 2.26. The molecule has 0 radical (unpaired) electrons. The molecule has 120 valence electrons. The van der Waals surface area contributed by atoms with Gasteiger partial charge in [-0.1, -0.05) is 11.6 Å². The lowest BCUT2D eigenvalue weighted by molar-refractivity contribution is 0.576. The number of nitrogens with one attached hydrogen (secondary N) is 2. The predicted molar refractivity (Wildman–Crippen MR) is 86.3 cm³/mol. The van der Waals surface area contributed by atoms with Crippen LogP contribution in [0.3, 0.4) is 0 Å². The maximum Gasteiger partial charge on any atom is 0.241 e. The molecule has 0 spiro atoms. The third kappa shape index (κ3) is 3.21. The second kappa shape index (κ2) is 5.92. The molecule has 0 amide bonds. The molecule has 8 heteroatoms. The Labute approximate surface area is 137 Å². The van der Waals surface area contributed by atoms with Gasteiger partial charge in [0, 0.05) is 22.3 Å². The maximum atomic E-state index is 13.5. The Kier molecular flexibility index (Phi) is 4.09. The number of aromatic amines is 1. The van der Waals surface area contributed by atoms with Crippen LogP contribution >= 0.6 is 11.6 Å². The number of rotatable bonds is 4. The molecule has 0 aliphatic heterocycles. The number of pyridine rings is 1. The summed E-state index contributed by atoms with van der Waals surface area (Å²) in [6.45, 7) is 1.56. The lowest BCUT2D eigenvalue weighted by atomic mass is 10.2. The van der Waals surface area contributed by atoms with E-state index < -0.39 is 15.8 Å². The highest BCUT2D eigenvalue weighted by molar-refractivity contribution is 7.89. The standard InChI is InChI=1S/C15H13ClFN3O2S/c1-9-13(16)6-11(17)7-14(9)23(21,22)19-8-12-5-10-3-2-4-18-15(10)20-12/h2-7,19H,8H2,1H3,(H,18,20). The molecule has 0 bridgehead atoms. The van der Waals surface area contributed by atoms with Gasteiger partial charge in [-0.3, -0.25) is 0 Å². The quantitative estimate of drug-likeness (QED) is 0.756. The van der Waals surface area contributed by atoms with E-state index in [0.717, 1.165) is 17.5 Å². The molecule has 2 aromatic heterocycles. The average Bonchev–Trinajstić information content (AvgIpc) is 2.92. The molecule has 2 N–H and O–H groups in total. The molecule has 1 aromatic carbocycles. The molecule has 2 heterocycles. The first kappa shape index (κ1) is 15.9. The fraction of sp³-hybridized carbons (Fsp3) is 0.133. The van der Waals surface area contributed by atoms with Crippen LogP contribution in [0.1, 0.15) is 11.3 Å². The number of aromatic nitrogens is 2. The zero-order chi connectivity index (χ0) is 16.6. The van der Waals surface area contributed by atoms with Crippen LogP contribution in [0.2, 0.25) is 5.02 Å². The van der Waals surface area contributed by atoms with Gasteiger partial charge in [-0.15, -0.1) is 0 Å². The van der Waals surface area contributed by atoms with Gasteiger partial charge in [-0.05, 0) is 42.8 Å². The van der Waals surface area contributed by atoms with E-state index in [4.69, 9.17) is 11.6 Å². The van der Waals surface area contributed by atoms with Crippen molar-refractivity contribution in [3.8, 4) is 0 Å². The summed E-state index contributed by atoms with van der Waals surface area (Å²) >= 11 is 5.85. The molecule has 0 fully saturated rings. The SMILES string of the molecule is Cc1c(Cl)cc(F)cc1S(=O)(=O)NCc1cc2cccnc2[nH]1. The van der Waals surface area contributed by atoms with Gasteiger partial charge in [0.2, 0.25) is 10.0 Å². The zero-order valence-corrected chi connectivity index (χ0v) is 13.7. The molecule has 0 aliphatic carbocycles. The minimum atomic E-state index is -3.89. The second-order valence-corrected chi connectivity index (χ2v) is 7.21. The minimum absolute atomic E-state index is 0.0340. The number of halogens is 2. The zero-order valence-electron chi connectivity index (χ0n) is 12.1. The molecule has 0 aliphatic rings. The lowest BCUT2D eigenvalue weighted by Crippen LogP contribution is -2.24. The highest BCUT2D eigenvalue weighted by atomic mass is 35.5. The van der Waals surface area contributed by atoms with Crippen molar-refractivity contribution in [2.75, 3.05) is 0 Å². The van der Waals surface area contributed by atoms with E-state index in [9.17, 15) is 12.8 Å². The van der Waals surface area contributed by atoms with Gasteiger partial charge in [0.25, 0.3) is 0 Å². The van der Waals surface area contributed by atoms with Crippen LogP contribution in [0, 0.1) is 12.7 Å². The maximum absolute atomic E-state index is 13.5. The Bertz CT molecular complexity index is 953.